The average molecular weight is 736 g/mol. The number of ether oxygens (including phenoxy) is 1. The highest BCUT2D eigenvalue weighted by Crippen LogP contribution is 2.50. The minimum atomic E-state index is -0.00554. The number of aryl methyl sites for hydroxylation is 3. The first-order valence-electron chi connectivity index (χ1n) is 18.8. The van der Waals surface area contributed by atoms with Crippen LogP contribution in [0.15, 0.2) is 128 Å². The highest BCUT2D eigenvalue weighted by molar-refractivity contribution is 7.26. The lowest BCUT2D eigenvalue weighted by Crippen LogP contribution is -2.25. The molecule has 10 rings (SSSR count). The highest BCUT2D eigenvalue weighted by atomic mass is 32.1. The maximum atomic E-state index is 6.92. The van der Waals surface area contributed by atoms with Crippen molar-refractivity contribution in [1.82, 2.24) is 14.5 Å². The number of nitrogens with zero attached hydrogens (tertiary/aromatic N) is 5. The number of anilines is 4. The Morgan fingerprint density at radius 3 is 2.20 bits per heavy atom. The molecule has 270 valence electrons. The molecule has 0 spiro atoms. The zero-order chi connectivity index (χ0) is 37.6. The third kappa shape index (κ3) is 5.44. The molecule has 1 aliphatic heterocycles. The molecule has 0 amide bonds. The van der Waals surface area contributed by atoms with Crippen LogP contribution in [-0.4, -0.2) is 21.2 Å². The zero-order valence-electron chi connectivity index (χ0n) is 31.9. The Morgan fingerprint density at radius 1 is 0.618 bits per heavy atom. The molecule has 5 aromatic carbocycles. The van der Waals surface area contributed by atoms with Crippen molar-refractivity contribution in [3.8, 4) is 17.3 Å². The van der Waals surface area contributed by atoms with Gasteiger partial charge in [0.2, 0.25) is 0 Å². The van der Waals surface area contributed by atoms with Crippen molar-refractivity contribution in [1.29, 1.82) is 0 Å². The summed E-state index contributed by atoms with van der Waals surface area (Å²) in [5.74, 6) is 3.41. The predicted molar refractivity (Wildman–Crippen MR) is 231 cm³/mol. The molecule has 4 aromatic heterocycles. The summed E-state index contributed by atoms with van der Waals surface area (Å²) in [6, 6.07) is 41.2. The van der Waals surface area contributed by atoms with Gasteiger partial charge < -0.3 is 14.5 Å². The predicted octanol–water partition coefficient (Wildman–Crippen LogP) is 13.2. The third-order valence-corrected chi connectivity index (χ3v) is 12.1. The molecule has 5 heterocycles. The van der Waals surface area contributed by atoms with Crippen LogP contribution in [-0.2, 0) is 5.41 Å². The first-order valence-corrected chi connectivity index (χ1v) is 19.7. The topological polar surface area (TPSA) is 46.4 Å². The first-order chi connectivity index (χ1) is 26.6. The number of fused-ring (bicyclic) bond motifs is 7. The number of hydrogen-bond acceptors (Lipinski definition) is 6. The van der Waals surface area contributed by atoms with Crippen LogP contribution < -0.4 is 14.5 Å². The molecule has 0 bridgehead atoms. The summed E-state index contributed by atoms with van der Waals surface area (Å²) in [5, 5.41) is 4.81. The van der Waals surface area contributed by atoms with Crippen LogP contribution in [0.4, 0.5) is 22.9 Å². The molecule has 9 aromatic rings. The minimum Gasteiger partial charge on any atom is -0.457 e. The van der Waals surface area contributed by atoms with Crippen LogP contribution in [0.2, 0.25) is 0 Å². The van der Waals surface area contributed by atoms with E-state index < -0.39 is 0 Å². The molecule has 0 saturated carbocycles. The number of aromatic nitrogens is 3. The van der Waals surface area contributed by atoms with Gasteiger partial charge in [-0.1, -0.05) is 74.9 Å². The van der Waals surface area contributed by atoms with Crippen LogP contribution >= 0.6 is 11.3 Å². The van der Waals surface area contributed by atoms with Crippen molar-refractivity contribution in [3.63, 3.8) is 0 Å². The molecule has 0 atom stereocenters. The quantitative estimate of drug-likeness (QED) is 0.176. The molecule has 0 radical (unpaired) electrons. The van der Waals surface area contributed by atoms with E-state index in [1.54, 1.807) is 11.3 Å². The van der Waals surface area contributed by atoms with Gasteiger partial charge in [-0.15, -0.1) is 11.3 Å². The second kappa shape index (κ2) is 12.4. The van der Waals surface area contributed by atoms with Gasteiger partial charge in [-0.3, -0.25) is 4.57 Å². The van der Waals surface area contributed by atoms with Crippen molar-refractivity contribution in [2.24, 2.45) is 0 Å². The molecule has 0 fully saturated rings. The lowest BCUT2D eigenvalue weighted by atomic mass is 9.88. The van der Waals surface area contributed by atoms with Crippen LogP contribution in [0.25, 0.3) is 47.8 Å². The zero-order valence-corrected chi connectivity index (χ0v) is 32.7. The monoisotopic (exact) mass is 735 g/mol. The van der Waals surface area contributed by atoms with E-state index in [9.17, 15) is 0 Å². The van der Waals surface area contributed by atoms with Gasteiger partial charge in [0.15, 0.2) is 5.82 Å². The highest BCUT2D eigenvalue weighted by Gasteiger charge is 2.33. The van der Waals surface area contributed by atoms with Gasteiger partial charge in [0, 0.05) is 55.5 Å². The summed E-state index contributed by atoms with van der Waals surface area (Å²) >= 11 is 1.80. The molecule has 0 saturated heterocycles. The summed E-state index contributed by atoms with van der Waals surface area (Å²) in [6.45, 7) is 13.9. The molecule has 0 N–H and O–H groups in total. The van der Waals surface area contributed by atoms with Gasteiger partial charge in [0.05, 0.1) is 28.1 Å². The van der Waals surface area contributed by atoms with E-state index in [4.69, 9.17) is 14.7 Å². The van der Waals surface area contributed by atoms with Gasteiger partial charge >= 0.3 is 0 Å². The van der Waals surface area contributed by atoms with Gasteiger partial charge in [-0.2, -0.15) is 0 Å². The fourth-order valence-electron chi connectivity index (χ4n) is 8.56. The van der Waals surface area contributed by atoms with Crippen LogP contribution in [0.3, 0.4) is 0 Å². The average Bonchev–Trinajstić information content (AvgIpc) is 3.84. The Hall–Kier alpha value is -6.18. The van der Waals surface area contributed by atoms with E-state index in [1.807, 2.05) is 18.5 Å². The summed E-state index contributed by atoms with van der Waals surface area (Å²) in [6.07, 6.45) is 3.82. The second-order valence-corrected chi connectivity index (χ2v) is 16.9. The van der Waals surface area contributed by atoms with E-state index in [0.717, 1.165) is 50.9 Å². The Morgan fingerprint density at radius 2 is 1.38 bits per heavy atom. The van der Waals surface area contributed by atoms with Gasteiger partial charge in [-0.25, -0.2) is 9.97 Å². The summed E-state index contributed by atoms with van der Waals surface area (Å²) in [5.41, 5.74) is 10.5. The Kier molecular flexibility index (Phi) is 7.55. The molecular weight excluding hydrogens is 695 g/mol. The molecular formula is C48H41N5OS. The number of benzene rings is 5. The molecule has 0 unspecified atom stereocenters. The number of rotatable bonds is 5. The fraction of sp³-hybridized carbons (Fsp3) is 0.167. The van der Waals surface area contributed by atoms with Crippen molar-refractivity contribution in [2.45, 2.75) is 47.0 Å². The summed E-state index contributed by atoms with van der Waals surface area (Å²) < 4.78 is 11.6. The molecule has 6 nitrogen and oxygen atoms in total. The Balaban J connectivity index is 1.13. The molecule has 1 aliphatic rings. The van der Waals surface area contributed by atoms with Crippen molar-refractivity contribution < 1.29 is 4.74 Å². The first kappa shape index (κ1) is 33.4. The number of pyridine rings is 2. The Bertz CT molecular complexity index is 2960. The molecule has 7 heteroatoms. The fourth-order valence-corrected chi connectivity index (χ4v) is 9.71. The van der Waals surface area contributed by atoms with E-state index in [1.165, 1.54) is 53.5 Å². The minimum absolute atomic E-state index is 0.00554. The van der Waals surface area contributed by atoms with Crippen LogP contribution in [0, 0.1) is 20.8 Å². The van der Waals surface area contributed by atoms with Crippen molar-refractivity contribution in [3.05, 3.63) is 150 Å². The lowest BCUT2D eigenvalue weighted by molar-refractivity contribution is 0.484. The normalized spacial score (nSPS) is 13.1. The van der Waals surface area contributed by atoms with Gasteiger partial charge in [-0.05, 0) is 97.5 Å². The van der Waals surface area contributed by atoms with Crippen LogP contribution in [0.1, 0.15) is 43.0 Å². The summed E-state index contributed by atoms with van der Waals surface area (Å²) in [4.78, 5) is 14.6. The number of hydrogen-bond donors (Lipinski definition) is 0. The molecule has 0 aliphatic carbocycles. The summed E-state index contributed by atoms with van der Waals surface area (Å²) in [7, 11) is 0. The third-order valence-electron chi connectivity index (χ3n) is 10.9. The van der Waals surface area contributed by atoms with Crippen molar-refractivity contribution in [2.75, 3.05) is 16.5 Å². The second-order valence-electron chi connectivity index (χ2n) is 15.8. The standard InChI is InChI=1S/C48H41N5OS/c1-29-22-30(2)46(31(3)23-29)52-28-51(39-15-11-20-50-47(39)52)41-26-34(27-43-45(41)37-13-8-10-16-42(37)55-43)54-33-17-18-36-35-12-7-9-14-38(35)53(40(36)25-33)44-24-32(19-21-49-44)48(4,5)6/h7-27H,28H2,1-6H3. The van der Waals surface area contributed by atoms with Gasteiger partial charge in [0.25, 0.3) is 0 Å². The number of thiophene rings is 1. The largest absolute Gasteiger partial charge is 0.457 e. The van der Waals surface area contributed by atoms with E-state index >= 15 is 0 Å². The van der Waals surface area contributed by atoms with Crippen LogP contribution in [0.5, 0.6) is 11.5 Å². The smallest absolute Gasteiger partial charge is 0.158 e. The Labute approximate surface area is 324 Å². The van der Waals surface area contributed by atoms with E-state index in [0.29, 0.717) is 6.67 Å². The lowest BCUT2D eigenvalue weighted by Gasteiger charge is -2.25. The SMILES string of the molecule is Cc1cc(C)c(N2CN(c3cc(Oc4ccc5c6ccccc6n(-c6cc(C(C)(C)C)ccn6)c5c4)cc4sc5ccccc5c34)c3cccnc32)c(C)c1. The van der Waals surface area contributed by atoms with E-state index in [2.05, 4.69) is 165 Å². The van der Waals surface area contributed by atoms with Crippen molar-refractivity contribution >= 4 is 76.2 Å². The molecule has 55 heavy (non-hydrogen) atoms. The van der Waals surface area contributed by atoms with E-state index in [-0.39, 0.29) is 5.41 Å². The maximum absolute atomic E-state index is 6.92. The number of para-hydroxylation sites is 1. The van der Waals surface area contributed by atoms with Gasteiger partial charge in [0.1, 0.15) is 24.0 Å². The maximum Gasteiger partial charge on any atom is 0.158 e.